The van der Waals surface area contributed by atoms with E-state index in [9.17, 15) is 0 Å². The molecule has 1 heterocycles. The van der Waals surface area contributed by atoms with Crippen LogP contribution in [0, 0.1) is 0 Å². The third kappa shape index (κ3) is 15.5. The molecule has 0 unspecified atom stereocenters. The van der Waals surface area contributed by atoms with Crippen LogP contribution in [0.15, 0.2) is 4.99 Å². The lowest BCUT2D eigenvalue weighted by Gasteiger charge is -2.17. The van der Waals surface area contributed by atoms with Crippen LogP contribution in [0.25, 0.3) is 0 Å². The van der Waals surface area contributed by atoms with Crippen molar-refractivity contribution in [3.05, 3.63) is 0 Å². The van der Waals surface area contributed by atoms with Gasteiger partial charge in [-0.15, -0.1) is 0 Å². The van der Waals surface area contributed by atoms with E-state index in [0.29, 0.717) is 0 Å². The summed E-state index contributed by atoms with van der Waals surface area (Å²) in [6.45, 7) is 15.1. The van der Waals surface area contributed by atoms with Crippen molar-refractivity contribution in [3.63, 3.8) is 0 Å². The largest absolute Gasteiger partial charge is 0.314 e. The summed E-state index contributed by atoms with van der Waals surface area (Å²) < 4.78 is 0. The van der Waals surface area contributed by atoms with Crippen LogP contribution >= 0.6 is 0 Å². The quantitative estimate of drug-likeness (QED) is 0.673. The molecule has 1 rings (SSSR count). The minimum absolute atomic E-state index is 0.894. The molecule has 4 nitrogen and oxygen atoms in total. The van der Waals surface area contributed by atoms with Gasteiger partial charge in [0.1, 0.15) is 0 Å². The van der Waals surface area contributed by atoms with Crippen molar-refractivity contribution in [2.24, 2.45) is 4.99 Å². The van der Waals surface area contributed by atoms with Crippen molar-refractivity contribution in [2.75, 3.05) is 52.9 Å². The number of likely N-dealkylation sites (N-methyl/N-ethyl adjacent to an activating group) is 1. The number of hydrogen-bond acceptors (Lipinski definition) is 4. The molecule has 0 amide bonds. The predicted octanol–water partition coefficient (Wildman–Crippen LogP) is 1.23. The molecule has 1 aliphatic heterocycles. The Balaban J connectivity index is 0. The third-order valence-electron chi connectivity index (χ3n) is 2.12. The Morgan fingerprint density at radius 2 is 1.53 bits per heavy atom. The van der Waals surface area contributed by atoms with Gasteiger partial charge in [0.05, 0.1) is 6.54 Å². The Morgan fingerprint density at radius 1 is 0.941 bits per heavy atom. The third-order valence-corrected chi connectivity index (χ3v) is 2.12. The summed E-state index contributed by atoms with van der Waals surface area (Å²) in [5.41, 5.74) is 0. The number of rotatable bonds is 0. The van der Waals surface area contributed by atoms with Crippen LogP contribution in [-0.2, 0) is 0 Å². The lowest BCUT2D eigenvalue weighted by Crippen LogP contribution is -2.36. The predicted molar refractivity (Wildman–Crippen MR) is 79.3 cm³/mol. The average Bonchev–Trinajstić information content (AvgIpc) is 2.38. The Labute approximate surface area is 108 Å². The molecule has 0 fully saturated rings. The molecule has 0 saturated carbocycles. The van der Waals surface area contributed by atoms with Gasteiger partial charge in [-0.3, -0.25) is 4.99 Å². The van der Waals surface area contributed by atoms with Gasteiger partial charge in [0, 0.05) is 45.5 Å². The minimum atomic E-state index is 0.894. The molecule has 17 heavy (non-hydrogen) atoms. The minimum Gasteiger partial charge on any atom is -0.314 e. The summed E-state index contributed by atoms with van der Waals surface area (Å²) >= 11 is 0. The van der Waals surface area contributed by atoms with E-state index in [4.69, 9.17) is 0 Å². The average molecular weight is 244 g/mol. The molecule has 0 aromatic carbocycles. The fourth-order valence-corrected chi connectivity index (χ4v) is 1.24. The van der Waals surface area contributed by atoms with Crippen LogP contribution in [-0.4, -0.2) is 64.0 Å². The van der Waals surface area contributed by atoms with Gasteiger partial charge in [-0.05, 0) is 7.05 Å². The lowest BCUT2D eigenvalue weighted by molar-refractivity contribution is 0.332. The van der Waals surface area contributed by atoms with Crippen molar-refractivity contribution < 1.29 is 0 Å². The Hall–Kier alpha value is -0.450. The first-order valence-corrected chi connectivity index (χ1v) is 6.98. The van der Waals surface area contributed by atoms with Crippen molar-refractivity contribution in [1.82, 2.24) is 15.5 Å². The van der Waals surface area contributed by atoms with Crippen LogP contribution in [0.1, 0.15) is 27.7 Å². The summed E-state index contributed by atoms with van der Waals surface area (Å²) in [6.07, 6.45) is 1.96. The molecule has 0 aliphatic carbocycles. The van der Waals surface area contributed by atoms with E-state index in [1.807, 2.05) is 33.9 Å². The molecule has 0 saturated heterocycles. The van der Waals surface area contributed by atoms with Crippen molar-refractivity contribution in [3.8, 4) is 0 Å². The molecule has 0 spiro atoms. The van der Waals surface area contributed by atoms with Gasteiger partial charge in [0.15, 0.2) is 0 Å². The topological polar surface area (TPSA) is 39.7 Å². The van der Waals surface area contributed by atoms with E-state index >= 15 is 0 Å². The number of aliphatic imine (C=N–C) groups is 1. The second kappa shape index (κ2) is 17.9. The maximum Gasteiger partial charge on any atom is 0.0510 e. The number of nitrogens with zero attached hydrogens (tertiary/aromatic N) is 2. The molecule has 0 bridgehead atoms. The highest BCUT2D eigenvalue weighted by atomic mass is 15.1. The van der Waals surface area contributed by atoms with Gasteiger partial charge in [-0.25, -0.2) is 0 Å². The van der Waals surface area contributed by atoms with Crippen molar-refractivity contribution in [1.29, 1.82) is 0 Å². The van der Waals surface area contributed by atoms with E-state index in [0.717, 1.165) is 45.8 Å². The van der Waals surface area contributed by atoms with E-state index in [1.165, 1.54) is 0 Å². The molecule has 0 aromatic heterocycles. The van der Waals surface area contributed by atoms with E-state index in [-0.39, 0.29) is 0 Å². The summed E-state index contributed by atoms with van der Waals surface area (Å²) in [5, 5.41) is 6.68. The Bertz CT molecular complexity index is 148. The number of hydrogen-bond donors (Lipinski definition) is 2. The van der Waals surface area contributed by atoms with E-state index in [2.05, 4.69) is 27.6 Å². The van der Waals surface area contributed by atoms with Crippen molar-refractivity contribution in [2.45, 2.75) is 27.7 Å². The normalized spacial score (nSPS) is 18.6. The highest BCUT2D eigenvalue weighted by molar-refractivity contribution is 5.59. The fraction of sp³-hybridized carbons (Fsp3) is 0.923. The van der Waals surface area contributed by atoms with Crippen LogP contribution in [0.2, 0.25) is 0 Å². The van der Waals surface area contributed by atoms with Gasteiger partial charge in [0.2, 0.25) is 0 Å². The van der Waals surface area contributed by atoms with Gasteiger partial charge in [0.25, 0.3) is 0 Å². The molecular weight excluding hydrogens is 212 g/mol. The summed E-state index contributed by atoms with van der Waals surface area (Å²) in [6, 6.07) is 0. The standard InChI is InChI=1S/C9H20N4.2C2H6/c1-13-8-6-11-4-2-10-3-5-12-7-9-13;2*1-2/h2,11-12H,3-9H2,1H3;2*1-2H3. The summed E-state index contributed by atoms with van der Waals surface area (Å²) in [7, 11) is 2.16. The number of nitrogens with one attached hydrogen (secondary N) is 2. The van der Waals surface area contributed by atoms with Crippen LogP contribution in [0.4, 0.5) is 0 Å². The zero-order chi connectivity index (χ0) is 13.4. The monoisotopic (exact) mass is 244 g/mol. The Kier molecular flexibility index (Phi) is 19.9. The van der Waals surface area contributed by atoms with Crippen molar-refractivity contribution >= 4 is 6.21 Å². The second-order valence-electron chi connectivity index (χ2n) is 3.35. The second-order valence-corrected chi connectivity index (χ2v) is 3.35. The molecule has 0 radical (unpaired) electrons. The van der Waals surface area contributed by atoms with Crippen LogP contribution < -0.4 is 10.6 Å². The zero-order valence-corrected chi connectivity index (χ0v) is 12.4. The molecule has 1 aliphatic rings. The SMILES string of the molecule is CC.CC.CN1CCNCC=NCCNCC1. The van der Waals surface area contributed by atoms with Gasteiger partial charge in [-0.1, -0.05) is 27.7 Å². The zero-order valence-electron chi connectivity index (χ0n) is 12.4. The molecule has 0 atom stereocenters. The van der Waals surface area contributed by atoms with E-state index < -0.39 is 0 Å². The molecule has 0 aromatic rings. The van der Waals surface area contributed by atoms with Gasteiger partial charge in [-0.2, -0.15) is 0 Å². The highest BCUT2D eigenvalue weighted by Gasteiger charge is 1.97. The van der Waals surface area contributed by atoms with Crippen LogP contribution in [0.5, 0.6) is 0 Å². The van der Waals surface area contributed by atoms with Gasteiger partial charge < -0.3 is 15.5 Å². The summed E-state index contributed by atoms with van der Waals surface area (Å²) in [5.74, 6) is 0. The maximum absolute atomic E-state index is 4.26. The molecular formula is C13H32N4. The first kappa shape index (κ1) is 18.9. The van der Waals surface area contributed by atoms with Crippen LogP contribution in [0.3, 0.4) is 0 Å². The smallest absolute Gasteiger partial charge is 0.0510 e. The Morgan fingerprint density at radius 3 is 2.18 bits per heavy atom. The van der Waals surface area contributed by atoms with E-state index in [1.54, 1.807) is 0 Å². The molecule has 104 valence electrons. The first-order valence-electron chi connectivity index (χ1n) is 6.98. The molecule has 4 heteroatoms. The highest BCUT2D eigenvalue weighted by Crippen LogP contribution is 1.79. The van der Waals surface area contributed by atoms with Gasteiger partial charge >= 0.3 is 0 Å². The maximum atomic E-state index is 4.26. The first-order chi connectivity index (χ1) is 8.39. The molecule has 2 N–H and O–H groups in total. The lowest BCUT2D eigenvalue weighted by atomic mass is 10.4. The fourth-order valence-electron chi connectivity index (χ4n) is 1.24. The summed E-state index contributed by atoms with van der Waals surface area (Å²) in [4.78, 5) is 6.59.